The van der Waals surface area contributed by atoms with Crippen molar-refractivity contribution in [1.29, 1.82) is 0 Å². The number of aliphatic hydroxyl groups excluding tert-OH is 1. The molecule has 4 N–H and O–H groups in total. The van der Waals surface area contributed by atoms with Gasteiger partial charge >= 0.3 is 0 Å². The van der Waals surface area contributed by atoms with E-state index in [2.05, 4.69) is 20.4 Å². The molecule has 0 atom stereocenters. The summed E-state index contributed by atoms with van der Waals surface area (Å²) in [6, 6.07) is 7.82. The van der Waals surface area contributed by atoms with Gasteiger partial charge in [0.1, 0.15) is 0 Å². The van der Waals surface area contributed by atoms with Gasteiger partial charge in [-0.1, -0.05) is 0 Å². The number of rotatable bonds is 3. The molecule has 1 fully saturated rings. The van der Waals surface area contributed by atoms with Crippen LogP contribution in [0, 0.1) is 0 Å². The monoisotopic (exact) mass is 324 g/mol. The van der Waals surface area contributed by atoms with Gasteiger partial charge < -0.3 is 16.2 Å². The molecule has 1 aliphatic rings. The van der Waals surface area contributed by atoms with Crippen LogP contribution in [0.5, 0.6) is 0 Å². The van der Waals surface area contributed by atoms with Crippen molar-refractivity contribution >= 4 is 22.5 Å². The third-order valence-electron chi connectivity index (χ3n) is 4.48. The van der Waals surface area contributed by atoms with Crippen molar-refractivity contribution in [3.63, 3.8) is 0 Å². The lowest BCUT2D eigenvalue weighted by Gasteiger charge is -2.26. The first-order valence-corrected chi connectivity index (χ1v) is 8.20. The Balaban J connectivity index is 1.61. The number of benzene rings is 1. The second kappa shape index (κ2) is 6.09. The molecule has 7 nitrogen and oxygen atoms in total. The summed E-state index contributed by atoms with van der Waals surface area (Å²) in [7, 11) is 0. The van der Waals surface area contributed by atoms with E-state index in [1.54, 1.807) is 17.1 Å². The zero-order valence-electron chi connectivity index (χ0n) is 13.3. The lowest BCUT2D eigenvalue weighted by Crippen LogP contribution is -2.29. The molecular formula is C17H20N6O. The van der Waals surface area contributed by atoms with E-state index in [0.717, 1.165) is 36.6 Å². The second-order valence-electron chi connectivity index (χ2n) is 6.26. The van der Waals surface area contributed by atoms with Gasteiger partial charge in [-0.25, -0.2) is 9.67 Å². The minimum atomic E-state index is -0.170. The number of nitrogens with zero attached hydrogens (tertiary/aromatic N) is 4. The number of nitrogen functional groups attached to an aromatic ring is 1. The maximum atomic E-state index is 9.60. The Kier molecular flexibility index (Phi) is 3.78. The van der Waals surface area contributed by atoms with Gasteiger partial charge in [-0.15, -0.1) is 0 Å². The molecule has 7 heteroatoms. The smallest absolute Gasteiger partial charge is 0.224 e. The Morgan fingerprint density at radius 1 is 1.17 bits per heavy atom. The summed E-state index contributed by atoms with van der Waals surface area (Å²) in [5.74, 6) is 1.28. The quantitative estimate of drug-likeness (QED) is 0.638. The standard InChI is InChI=1S/C17H20N6O/c18-12-2-1-11-10-20-23(15(11)9-12)16-7-8-19-17(22-16)21-13-3-5-14(24)6-4-13/h1-2,7-10,13-14,24H,3-6,18H2,(H,19,21,22). The fourth-order valence-electron chi connectivity index (χ4n) is 3.16. The number of nitrogens with two attached hydrogens (primary N) is 1. The van der Waals surface area contributed by atoms with Crippen molar-refractivity contribution in [2.45, 2.75) is 37.8 Å². The molecule has 0 saturated heterocycles. The maximum Gasteiger partial charge on any atom is 0.224 e. The summed E-state index contributed by atoms with van der Waals surface area (Å²) in [5.41, 5.74) is 7.50. The van der Waals surface area contributed by atoms with E-state index < -0.39 is 0 Å². The maximum absolute atomic E-state index is 9.60. The highest BCUT2D eigenvalue weighted by atomic mass is 16.3. The fraction of sp³-hybridized carbons (Fsp3) is 0.353. The van der Waals surface area contributed by atoms with Crippen LogP contribution < -0.4 is 11.1 Å². The van der Waals surface area contributed by atoms with E-state index in [1.807, 2.05) is 24.3 Å². The van der Waals surface area contributed by atoms with E-state index in [1.165, 1.54) is 0 Å². The molecular weight excluding hydrogens is 304 g/mol. The van der Waals surface area contributed by atoms with E-state index >= 15 is 0 Å². The molecule has 3 aromatic rings. The second-order valence-corrected chi connectivity index (χ2v) is 6.26. The lowest BCUT2D eigenvalue weighted by atomic mass is 9.93. The van der Waals surface area contributed by atoms with E-state index in [9.17, 15) is 5.11 Å². The van der Waals surface area contributed by atoms with Crippen molar-refractivity contribution in [2.75, 3.05) is 11.1 Å². The SMILES string of the molecule is Nc1ccc2cnn(-c3ccnc(NC4CCC(O)CC4)n3)c2c1. The molecule has 2 heterocycles. The predicted molar refractivity (Wildman–Crippen MR) is 93.0 cm³/mol. The van der Waals surface area contributed by atoms with Crippen molar-refractivity contribution in [3.8, 4) is 5.82 Å². The van der Waals surface area contributed by atoms with Gasteiger partial charge in [-0.2, -0.15) is 10.1 Å². The zero-order valence-corrected chi connectivity index (χ0v) is 13.3. The van der Waals surface area contributed by atoms with Crippen LogP contribution >= 0.6 is 0 Å². The highest BCUT2D eigenvalue weighted by Crippen LogP contribution is 2.22. The molecule has 0 aliphatic heterocycles. The Bertz CT molecular complexity index is 853. The molecule has 24 heavy (non-hydrogen) atoms. The first-order chi connectivity index (χ1) is 11.7. The average Bonchev–Trinajstić information content (AvgIpc) is 3.00. The van der Waals surface area contributed by atoms with Gasteiger partial charge in [0.2, 0.25) is 5.95 Å². The van der Waals surface area contributed by atoms with Crippen LogP contribution in [0.1, 0.15) is 25.7 Å². The molecule has 0 spiro atoms. The summed E-state index contributed by atoms with van der Waals surface area (Å²) in [6.45, 7) is 0. The summed E-state index contributed by atoms with van der Waals surface area (Å²) in [4.78, 5) is 8.89. The zero-order chi connectivity index (χ0) is 16.5. The van der Waals surface area contributed by atoms with E-state index in [4.69, 9.17) is 5.73 Å². The molecule has 1 saturated carbocycles. The van der Waals surface area contributed by atoms with Gasteiger partial charge in [0.25, 0.3) is 0 Å². The molecule has 0 bridgehead atoms. The Hall–Kier alpha value is -2.67. The van der Waals surface area contributed by atoms with Crippen LogP contribution in [0.2, 0.25) is 0 Å². The van der Waals surface area contributed by atoms with Gasteiger partial charge in [0, 0.05) is 29.4 Å². The number of aromatic nitrogens is 4. The van der Waals surface area contributed by atoms with Gasteiger partial charge in [-0.05, 0) is 43.9 Å². The molecule has 4 rings (SSSR count). The number of aliphatic hydroxyl groups is 1. The molecule has 124 valence electrons. The van der Waals surface area contributed by atoms with Crippen molar-refractivity contribution < 1.29 is 5.11 Å². The number of hydrogen-bond donors (Lipinski definition) is 3. The molecule has 1 aromatic carbocycles. The van der Waals surface area contributed by atoms with Crippen LogP contribution in [-0.4, -0.2) is 37.0 Å². The molecule has 2 aromatic heterocycles. The number of anilines is 2. The molecule has 0 radical (unpaired) electrons. The van der Waals surface area contributed by atoms with Crippen LogP contribution in [0.25, 0.3) is 16.7 Å². The Labute approximate surface area is 139 Å². The Morgan fingerprint density at radius 3 is 2.83 bits per heavy atom. The summed E-state index contributed by atoms with van der Waals surface area (Å²) in [5, 5.41) is 18.4. The first-order valence-electron chi connectivity index (χ1n) is 8.20. The summed E-state index contributed by atoms with van der Waals surface area (Å²) in [6.07, 6.45) is 6.85. The normalized spacial score (nSPS) is 21.0. The largest absolute Gasteiger partial charge is 0.399 e. The third kappa shape index (κ3) is 2.90. The molecule has 0 unspecified atom stereocenters. The number of fused-ring (bicyclic) bond motifs is 1. The van der Waals surface area contributed by atoms with Crippen molar-refractivity contribution in [3.05, 3.63) is 36.7 Å². The number of nitrogens with one attached hydrogen (secondary N) is 1. The van der Waals surface area contributed by atoms with Crippen LogP contribution in [0.4, 0.5) is 11.6 Å². The van der Waals surface area contributed by atoms with Crippen molar-refractivity contribution in [2.24, 2.45) is 0 Å². The van der Waals surface area contributed by atoms with Crippen LogP contribution in [-0.2, 0) is 0 Å². The highest BCUT2D eigenvalue weighted by molar-refractivity contribution is 5.83. The summed E-state index contributed by atoms with van der Waals surface area (Å²) < 4.78 is 1.77. The highest BCUT2D eigenvalue weighted by Gasteiger charge is 2.20. The fourth-order valence-corrected chi connectivity index (χ4v) is 3.16. The molecule has 0 amide bonds. The third-order valence-corrected chi connectivity index (χ3v) is 4.48. The van der Waals surface area contributed by atoms with Crippen LogP contribution in [0.3, 0.4) is 0 Å². The topological polar surface area (TPSA) is 102 Å². The van der Waals surface area contributed by atoms with E-state index in [-0.39, 0.29) is 6.10 Å². The van der Waals surface area contributed by atoms with Gasteiger partial charge in [-0.3, -0.25) is 0 Å². The minimum Gasteiger partial charge on any atom is -0.399 e. The van der Waals surface area contributed by atoms with E-state index in [0.29, 0.717) is 23.5 Å². The van der Waals surface area contributed by atoms with Gasteiger partial charge in [0.15, 0.2) is 5.82 Å². The van der Waals surface area contributed by atoms with Crippen molar-refractivity contribution in [1.82, 2.24) is 19.7 Å². The first kappa shape index (κ1) is 14.9. The van der Waals surface area contributed by atoms with Crippen LogP contribution in [0.15, 0.2) is 36.7 Å². The average molecular weight is 324 g/mol. The predicted octanol–water partition coefficient (Wildman–Crippen LogP) is 2.11. The summed E-state index contributed by atoms with van der Waals surface area (Å²) >= 11 is 0. The Morgan fingerprint density at radius 2 is 2.00 bits per heavy atom. The van der Waals surface area contributed by atoms with Gasteiger partial charge in [0.05, 0.1) is 17.8 Å². The molecule has 1 aliphatic carbocycles. The number of hydrogen-bond acceptors (Lipinski definition) is 6. The lowest BCUT2D eigenvalue weighted by molar-refractivity contribution is 0.126. The minimum absolute atomic E-state index is 0.170.